The van der Waals surface area contributed by atoms with Crippen LogP contribution in [0.3, 0.4) is 0 Å². The van der Waals surface area contributed by atoms with E-state index in [1.54, 1.807) is 0 Å². The second-order valence-electron chi connectivity index (χ2n) is 2.40. The Balaban J connectivity index is 3.64. The fourth-order valence-electron chi connectivity index (χ4n) is 0.562. The van der Waals surface area contributed by atoms with E-state index in [1.807, 2.05) is 6.92 Å². The van der Waals surface area contributed by atoms with Gasteiger partial charge in [-0.1, -0.05) is 18.5 Å². The summed E-state index contributed by atoms with van der Waals surface area (Å²) in [6.07, 6.45) is 1.82. The number of hydrogen-bond acceptors (Lipinski definition) is 3. The fraction of sp³-hybridized carbons (Fsp3) is 0.857. The molecule has 0 aliphatic heterocycles. The Morgan fingerprint density at radius 2 is 2.42 bits per heavy atom. The molecule has 0 amide bonds. The molecule has 0 rings (SSSR count). The number of azide groups is 1. The SMILES string of the molecule is CCCCOC(=O)C(C)N=[N+]=[N-]. The van der Waals surface area contributed by atoms with Gasteiger partial charge in [0.05, 0.1) is 6.61 Å². The van der Waals surface area contributed by atoms with Gasteiger partial charge in [-0.05, 0) is 18.9 Å². The minimum atomic E-state index is -0.716. The molecule has 0 saturated heterocycles. The molecule has 0 aromatic heterocycles. The smallest absolute Gasteiger partial charge is 0.314 e. The normalized spacial score (nSPS) is 11.5. The molecule has 0 aliphatic rings. The standard InChI is InChI=1S/C7H13N3O2/c1-3-4-5-12-7(11)6(2)9-10-8/h6H,3-5H2,1-2H3. The average Bonchev–Trinajstić information content (AvgIpc) is 2.05. The van der Waals surface area contributed by atoms with Crippen molar-refractivity contribution in [3.63, 3.8) is 0 Å². The van der Waals surface area contributed by atoms with E-state index in [9.17, 15) is 4.79 Å². The lowest BCUT2D eigenvalue weighted by Gasteiger charge is -2.04. The first kappa shape index (κ1) is 10.8. The maximum Gasteiger partial charge on any atom is 0.314 e. The number of unbranched alkanes of at least 4 members (excludes halogenated alkanes) is 1. The molecule has 0 spiro atoms. The van der Waals surface area contributed by atoms with Crippen molar-refractivity contribution in [1.29, 1.82) is 0 Å². The van der Waals surface area contributed by atoms with Crippen molar-refractivity contribution in [2.24, 2.45) is 5.11 Å². The molecule has 12 heavy (non-hydrogen) atoms. The quantitative estimate of drug-likeness (QED) is 0.208. The van der Waals surface area contributed by atoms with Crippen LogP contribution < -0.4 is 0 Å². The van der Waals surface area contributed by atoms with E-state index in [-0.39, 0.29) is 0 Å². The fourth-order valence-corrected chi connectivity index (χ4v) is 0.562. The molecule has 5 nitrogen and oxygen atoms in total. The summed E-state index contributed by atoms with van der Waals surface area (Å²) < 4.78 is 4.79. The van der Waals surface area contributed by atoms with Crippen LogP contribution in [0.5, 0.6) is 0 Å². The lowest BCUT2D eigenvalue weighted by atomic mass is 10.3. The summed E-state index contributed by atoms with van der Waals surface area (Å²) in [6, 6.07) is -0.716. The molecule has 1 unspecified atom stereocenters. The summed E-state index contributed by atoms with van der Waals surface area (Å²) in [6.45, 7) is 3.92. The largest absolute Gasteiger partial charge is 0.465 e. The van der Waals surface area contributed by atoms with Crippen LogP contribution in [0.1, 0.15) is 26.7 Å². The van der Waals surface area contributed by atoms with Gasteiger partial charge in [-0.15, -0.1) is 0 Å². The number of hydrogen-bond donors (Lipinski definition) is 0. The zero-order valence-electron chi connectivity index (χ0n) is 7.36. The third-order valence-corrected chi connectivity index (χ3v) is 1.31. The molecule has 68 valence electrons. The highest BCUT2D eigenvalue weighted by Crippen LogP contribution is 1.96. The summed E-state index contributed by atoms with van der Waals surface area (Å²) in [5, 5.41) is 3.21. The second-order valence-corrected chi connectivity index (χ2v) is 2.40. The summed E-state index contributed by atoms with van der Waals surface area (Å²) >= 11 is 0. The zero-order valence-corrected chi connectivity index (χ0v) is 7.36. The molecule has 0 aromatic carbocycles. The molecule has 0 heterocycles. The molecule has 0 radical (unpaired) electrons. The van der Waals surface area contributed by atoms with E-state index in [2.05, 4.69) is 10.0 Å². The first-order valence-corrected chi connectivity index (χ1v) is 3.93. The summed E-state index contributed by atoms with van der Waals surface area (Å²) in [4.78, 5) is 13.4. The van der Waals surface area contributed by atoms with E-state index in [0.717, 1.165) is 12.8 Å². The predicted molar refractivity (Wildman–Crippen MR) is 44.5 cm³/mol. The number of nitrogens with zero attached hydrogens (tertiary/aromatic N) is 3. The Bertz CT molecular complexity index is 187. The third-order valence-electron chi connectivity index (χ3n) is 1.31. The van der Waals surface area contributed by atoms with Crippen LogP contribution in [-0.4, -0.2) is 18.6 Å². The monoisotopic (exact) mass is 171 g/mol. The van der Waals surface area contributed by atoms with E-state index in [4.69, 9.17) is 10.3 Å². The lowest BCUT2D eigenvalue weighted by Crippen LogP contribution is -2.17. The lowest BCUT2D eigenvalue weighted by molar-refractivity contribution is -0.144. The van der Waals surface area contributed by atoms with Crippen molar-refractivity contribution in [1.82, 2.24) is 0 Å². The van der Waals surface area contributed by atoms with Gasteiger partial charge < -0.3 is 4.74 Å². The van der Waals surface area contributed by atoms with E-state index < -0.39 is 12.0 Å². The van der Waals surface area contributed by atoms with Gasteiger partial charge in [0.2, 0.25) is 0 Å². The van der Waals surface area contributed by atoms with Gasteiger partial charge in [0.1, 0.15) is 6.04 Å². The van der Waals surface area contributed by atoms with Gasteiger partial charge >= 0.3 is 5.97 Å². The maximum absolute atomic E-state index is 10.9. The number of carbonyl (C=O) groups excluding carboxylic acids is 1. The number of carbonyl (C=O) groups is 1. The molecule has 0 saturated carbocycles. The Hall–Kier alpha value is -1.22. The van der Waals surface area contributed by atoms with Gasteiger partial charge in [0.15, 0.2) is 0 Å². The molecule has 0 aromatic rings. The molecule has 1 atom stereocenters. The van der Waals surface area contributed by atoms with Gasteiger partial charge in [0, 0.05) is 4.91 Å². The van der Waals surface area contributed by atoms with Crippen LogP contribution in [0.15, 0.2) is 5.11 Å². The van der Waals surface area contributed by atoms with E-state index in [1.165, 1.54) is 6.92 Å². The van der Waals surface area contributed by atoms with Crippen LogP contribution >= 0.6 is 0 Å². The van der Waals surface area contributed by atoms with Crippen LogP contribution in [0.25, 0.3) is 10.4 Å². The van der Waals surface area contributed by atoms with Crippen molar-refractivity contribution in [2.75, 3.05) is 6.61 Å². The Morgan fingerprint density at radius 1 is 1.75 bits per heavy atom. The van der Waals surface area contributed by atoms with Crippen molar-refractivity contribution in [3.05, 3.63) is 10.4 Å². The van der Waals surface area contributed by atoms with E-state index >= 15 is 0 Å². The topological polar surface area (TPSA) is 75.1 Å². The molecule has 0 fully saturated rings. The second kappa shape index (κ2) is 6.49. The Labute approximate surface area is 71.3 Å². The highest BCUT2D eigenvalue weighted by molar-refractivity contribution is 5.75. The maximum atomic E-state index is 10.9. The van der Waals surface area contributed by atoms with Crippen molar-refractivity contribution < 1.29 is 9.53 Å². The molecule has 0 bridgehead atoms. The van der Waals surface area contributed by atoms with Gasteiger partial charge in [-0.25, -0.2) is 0 Å². The van der Waals surface area contributed by atoms with E-state index in [0.29, 0.717) is 6.61 Å². The molecular formula is C7H13N3O2. The zero-order chi connectivity index (χ0) is 9.40. The Kier molecular flexibility index (Phi) is 5.83. The molecular weight excluding hydrogens is 158 g/mol. The third kappa shape index (κ3) is 4.57. The van der Waals surface area contributed by atoms with Crippen LogP contribution in [-0.2, 0) is 9.53 Å². The summed E-state index contributed by atoms with van der Waals surface area (Å²) in [7, 11) is 0. The van der Waals surface area contributed by atoms with Gasteiger partial charge in [-0.2, -0.15) is 0 Å². The first-order valence-electron chi connectivity index (χ1n) is 3.93. The van der Waals surface area contributed by atoms with Crippen molar-refractivity contribution >= 4 is 5.97 Å². The number of ether oxygens (including phenoxy) is 1. The minimum absolute atomic E-state index is 0.403. The predicted octanol–water partition coefficient (Wildman–Crippen LogP) is 2.03. The first-order chi connectivity index (χ1) is 5.72. The van der Waals surface area contributed by atoms with Crippen LogP contribution in [0, 0.1) is 0 Å². The van der Waals surface area contributed by atoms with Gasteiger partial charge in [0.25, 0.3) is 0 Å². The van der Waals surface area contributed by atoms with Crippen LogP contribution in [0.2, 0.25) is 0 Å². The van der Waals surface area contributed by atoms with Crippen molar-refractivity contribution in [2.45, 2.75) is 32.7 Å². The Morgan fingerprint density at radius 3 is 2.92 bits per heavy atom. The molecule has 0 N–H and O–H groups in total. The highest BCUT2D eigenvalue weighted by Gasteiger charge is 2.10. The molecule has 5 heteroatoms. The average molecular weight is 171 g/mol. The summed E-state index contributed by atoms with van der Waals surface area (Å²) in [5.74, 6) is -0.457. The summed E-state index contributed by atoms with van der Waals surface area (Å²) in [5.41, 5.74) is 8.01. The van der Waals surface area contributed by atoms with Crippen LogP contribution in [0.4, 0.5) is 0 Å². The number of esters is 1. The minimum Gasteiger partial charge on any atom is -0.465 e. The van der Waals surface area contributed by atoms with Crippen molar-refractivity contribution in [3.8, 4) is 0 Å². The number of rotatable bonds is 5. The molecule has 0 aliphatic carbocycles. The van der Waals surface area contributed by atoms with Gasteiger partial charge in [-0.3, -0.25) is 4.79 Å². The highest BCUT2D eigenvalue weighted by atomic mass is 16.5.